The molecule has 3 N–H and O–H groups in total. The van der Waals surface area contributed by atoms with Gasteiger partial charge in [0, 0.05) is 19.6 Å². The topological polar surface area (TPSA) is 200 Å². The Morgan fingerprint density at radius 2 is 0.754 bits per heavy atom. The lowest BCUT2D eigenvalue weighted by Crippen LogP contribution is -2.34. The van der Waals surface area contributed by atoms with Gasteiger partial charge in [0.25, 0.3) is 0 Å². The van der Waals surface area contributed by atoms with E-state index in [9.17, 15) is 29.7 Å². The van der Waals surface area contributed by atoms with E-state index in [0.717, 1.165) is 35.8 Å². The average molecular weight is 848 g/mol. The predicted molar refractivity (Wildman–Crippen MR) is 245 cm³/mol. The Morgan fingerprint density at radius 3 is 0.918 bits per heavy atom. The Kier molecular flexibility index (Phi) is 18.5. The molecule has 0 radical (unpaired) electrons. The van der Waals surface area contributed by atoms with E-state index in [0.29, 0.717) is 5.29 Å². The summed E-state index contributed by atoms with van der Waals surface area (Å²) in [6.45, 7) is -1.14. The molecule has 0 bridgehead atoms. The molecule has 0 aliphatic heterocycles. The molecule has 6 rings (SSSR count). The average Bonchev–Trinajstić information content (AvgIpc) is 3.29. The predicted octanol–water partition coefficient (Wildman–Crippen LogP) is 5.01. The number of carboxylic acids is 1. The smallest absolute Gasteiger partial charge is 0.371 e. The van der Waals surface area contributed by atoms with Crippen molar-refractivity contribution in [3.8, 4) is 18.2 Å². The summed E-state index contributed by atoms with van der Waals surface area (Å²) in [5, 5.41) is 58.3. The summed E-state index contributed by atoms with van der Waals surface area (Å²) in [7, 11) is 0. The van der Waals surface area contributed by atoms with E-state index in [-0.39, 0.29) is 5.78 Å². The molecule has 0 spiro atoms. The monoisotopic (exact) mass is 847 g/mol. The highest BCUT2D eigenvalue weighted by Gasteiger charge is 2.32. The molecule has 6 aromatic carbocycles. The van der Waals surface area contributed by atoms with Crippen molar-refractivity contribution < 1.29 is 34.5 Å². The summed E-state index contributed by atoms with van der Waals surface area (Å²) in [5.41, 5.74) is 0. The van der Waals surface area contributed by atoms with E-state index in [1.54, 1.807) is 0 Å². The Balaban J connectivity index is 0.000000250. The van der Waals surface area contributed by atoms with E-state index in [1.807, 2.05) is 151 Å². The molecule has 0 atom stereocenters. The molecule has 0 amide bonds. The van der Waals surface area contributed by atoms with Crippen LogP contribution < -0.4 is 31.8 Å². The summed E-state index contributed by atoms with van der Waals surface area (Å²) in [4.78, 5) is 41.4. The molecule has 0 fully saturated rings. The van der Waals surface area contributed by atoms with Gasteiger partial charge in [0.1, 0.15) is 17.4 Å². The van der Waals surface area contributed by atoms with Crippen LogP contribution in [-0.4, -0.2) is 55.5 Å². The summed E-state index contributed by atoms with van der Waals surface area (Å²) in [6.07, 6.45) is 0. The minimum absolute atomic E-state index is 0.174. The summed E-state index contributed by atoms with van der Waals surface area (Å²) in [5.74, 6) is -4.30. The number of rotatable bonds is 9. The SMILES string of the molecule is CC(=O)C(=O)O.CC(=O)C(C#N)=P(c1ccccc1)(c1ccccc1)c1ccccc1.CC(=O)C(O)(O)C#N.N#CC=P(c1ccccc1)(c1ccccc1)c1ccccc1. The second-order valence-electron chi connectivity index (χ2n) is 12.9. The normalized spacial score (nSPS) is 10.3. The highest BCUT2D eigenvalue weighted by atomic mass is 31.2. The van der Waals surface area contributed by atoms with Crippen molar-refractivity contribution in [3.63, 3.8) is 0 Å². The molecule has 0 aromatic heterocycles. The first-order valence-electron chi connectivity index (χ1n) is 18.5. The third-order valence-electron chi connectivity index (χ3n) is 8.90. The first kappa shape index (κ1) is 48.2. The fraction of sp³-hybridized carbons (Fsp3) is 0.0816. The lowest BCUT2D eigenvalue weighted by atomic mass is 10.2. The molecule has 10 nitrogen and oxygen atoms in total. The van der Waals surface area contributed by atoms with Gasteiger partial charge >= 0.3 is 11.8 Å². The maximum atomic E-state index is 12.5. The quantitative estimate of drug-likeness (QED) is 0.0769. The number of nitriles is 3. The zero-order valence-corrected chi connectivity index (χ0v) is 35.4. The molecule has 0 aliphatic carbocycles. The highest BCUT2D eigenvalue weighted by Crippen LogP contribution is 2.46. The minimum atomic E-state index is -2.79. The van der Waals surface area contributed by atoms with E-state index >= 15 is 0 Å². The minimum Gasteiger partial charge on any atom is -0.476 e. The number of Topliss-reactive ketones (excluding diaryl/α,β-unsaturated/α-hetero) is 3. The third-order valence-corrected chi connectivity index (χ3v) is 17.0. The van der Waals surface area contributed by atoms with Crippen molar-refractivity contribution >= 4 is 80.0 Å². The van der Waals surface area contributed by atoms with Gasteiger partial charge in [-0.15, -0.1) is 0 Å². The van der Waals surface area contributed by atoms with Gasteiger partial charge in [-0.05, 0) is 52.5 Å². The number of hydrogen-bond donors (Lipinski definition) is 3. The van der Waals surface area contributed by atoms with Gasteiger partial charge in [0.15, 0.2) is 5.78 Å². The molecule has 0 aliphatic rings. The Labute approximate surface area is 355 Å². The maximum Gasteiger partial charge on any atom is 0.371 e. The fourth-order valence-corrected chi connectivity index (χ4v) is 13.6. The van der Waals surface area contributed by atoms with Gasteiger partial charge in [-0.1, -0.05) is 182 Å². The lowest BCUT2D eigenvalue weighted by Gasteiger charge is -2.29. The van der Waals surface area contributed by atoms with Crippen LogP contribution in [0.5, 0.6) is 0 Å². The number of carbonyl (C=O) groups is 4. The number of aliphatic carboxylic acids is 1. The van der Waals surface area contributed by atoms with Crippen LogP contribution in [-0.2, 0) is 19.2 Å². The lowest BCUT2D eigenvalue weighted by molar-refractivity contribution is -0.160. The van der Waals surface area contributed by atoms with Crippen LogP contribution in [0.4, 0.5) is 0 Å². The van der Waals surface area contributed by atoms with Gasteiger partial charge < -0.3 is 15.3 Å². The fourth-order valence-electron chi connectivity index (χ4n) is 6.00. The first-order valence-corrected chi connectivity index (χ1v) is 22.1. The Morgan fingerprint density at radius 1 is 0.492 bits per heavy atom. The van der Waals surface area contributed by atoms with Gasteiger partial charge in [0.2, 0.25) is 11.6 Å². The number of hydrogen-bond acceptors (Lipinski definition) is 9. The van der Waals surface area contributed by atoms with Gasteiger partial charge in [0.05, 0.1) is 6.07 Å². The summed E-state index contributed by atoms with van der Waals surface area (Å²) in [6, 6.07) is 66.4. The van der Waals surface area contributed by atoms with Crippen molar-refractivity contribution in [2.75, 3.05) is 0 Å². The van der Waals surface area contributed by atoms with Gasteiger partial charge in [-0.3, -0.25) is 14.4 Å². The Bertz CT molecular complexity index is 2430. The van der Waals surface area contributed by atoms with Crippen LogP contribution in [0.15, 0.2) is 182 Å². The van der Waals surface area contributed by atoms with Crippen LogP contribution in [0.3, 0.4) is 0 Å². The second-order valence-corrected chi connectivity index (χ2v) is 19.5. The van der Waals surface area contributed by atoms with Gasteiger partial charge in [-0.2, -0.15) is 15.8 Å². The van der Waals surface area contributed by atoms with Crippen molar-refractivity contribution in [2.24, 2.45) is 0 Å². The van der Waals surface area contributed by atoms with E-state index in [1.165, 1.54) is 22.8 Å². The molecular formula is C49H43N3O7P2. The number of aliphatic hydroxyl groups is 2. The van der Waals surface area contributed by atoms with Crippen LogP contribution in [0.1, 0.15) is 20.8 Å². The zero-order valence-electron chi connectivity index (χ0n) is 33.6. The summed E-state index contributed by atoms with van der Waals surface area (Å²) < 4.78 is 0. The maximum absolute atomic E-state index is 12.5. The molecule has 0 saturated heterocycles. The molecule has 61 heavy (non-hydrogen) atoms. The van der Waals surface area contributed by atoms with E-state index in [2.05, 4.69) is 48.5 Å². The molecule has 12 heteroatoms. The molecule has 0 heterocycles. The first-order chi connectivity index (χ1) is 29.2. The molecule has 0 unspecified atom stereocenters. The molecular weight excluding hydrogens is 805 g/mol. The second kappa shape index (κ2) is 23.4. The highest BCUT2D eigenvalue weighted by molar-refractivity contribution is 7.97. The largest absolute Gasteiger partial charge is 0.476 e. The standard InChI is InChI=1S/C22H18NOP.C20H16NP.C4H5NO3.C3H4O3/c1-18(24)22(17-23)25(19-11-5-2-6-12-19,20-13-7-3-8-14-20)21-15-9-4-10-16-21;21-16-17-22(18-10-4-1-5-11-18,19-12-6-2-7-13-19)20-14-8-3-9-15-20;1-3(6)4(7,8)2-5;1-2(4)3(5)6/h2-16H,1H3;1-15,17H;7-8H,1H3;1H3,(H,5,6). The Hall–Kier alpha value is -7.21. The van der Waals surface area contributed by atoms with E-state index < -0.39 is 37.1 Å². The third kappa shape index (κ3) is 12.2. The number of carboxylic acid groups (broad SMARTS) is 1. The van der Waals surface area contributed by atoms with Crippen molar-refractivity contribution in [3.05, 3.63) is 182 Å². The summed E-state index contributed by atoms with van der Waals surface area (Å²) >= 11 is 0. The van der Waals surface area contributed by atoms with Crippen LogP contribution in [0.2, 0.25) is 0 Å². The number of carbonyl (C=O) groups excluding carboxylic acids is 3. The molecule has 0 saturated carbocycles. The van der Waals surface area contributed by atoms with E-state index in [4.69, 9.17) is 20.6 Å². The van der Waals surface area contributed by atoms with Gasteiger partial charge in [-0.25, -0.2) is 4.79 Å². The van der Waals surface area contributed by atoms with Crippen LogP contribution >= 0.6 is 13.8 Å². The number of benzene rings is 6. The number of nitrogens with zero attached hydrogens (tertiary/aromatic N) is 3. The van der Waals surface area contributed by atoms with Crippen molar-refractivity contribution in [2.45, 2.75) is 26.6 Å². The number of ketones is 3. The molecule has 6 aromatic rings. The van der Waals surface area contributed by atoms with Crippen LogP contribution in [0, 0.1) is 34.0 Å². The van der Waals surface area contributed by atoms with Crippen molar-refractivity contribution in [1.82, 2.24) is 0 Å². The van der Waals surface area contributed by atoms with Crippen LogP contribution in [0.25, 0.3) is 0 Å². The molecule has 306 valence electrons. The zero-order chi connectivity index (χ0) is 44.9. The van der Waals surface area contributed by atoms with Crippen molar-refractivity contribution in [1.29, 1.82) is 15.8 Å².